The topological polar surface area (TPSA) is 26.3 Å². The fourth-order valence-electron chi connectivity index (χ4n) is 19.9. The van der Waals surface area contributed by atoms with Crippen LogP contribution < -0.4 is 0 Å². The Balaban J connectivity index is 0.000000154. The molecule has 0 atom stereocenters. The molecule has 26 rings (SSSR count). The molecule has 0 amide bonds. The Morgan fingerprint density at radius 1 is 0.148 bits per heavy atom. The minimum atomic E-state index is -0.442. The van der Waals surface area contributed by atoms with E-state index < -0.39 is 36.3 Å². The molecule has 128 heavy (non-hydrogen) atoms. The van der Waals surface area contributed by atoms with Gasteiger partial charge in [0.15, 0.2) is 0 Å². The van der Waals surface area contributed by atoms with Crippen LogP contribution in [-0.4, -0.2) is 0 Å². The molecule has 26 aromatic rings. The van der Waals surface area contributed by atoms with Crippen LogP contribution in [0.15, 0.2) is 482 Å². The van der Waals surface area contributed by atoms with Crippen molar-refractivity contribution in [1.82, 2.24) is 0 Å². The number of hydrogen-bond acceptors (Lipinski definition) is 2. The molecule has 0 aliphatic carbocycles. The van der Waals surface area contributed by atoms with Crippen molar-refractivity contribution in [3.63, 3.8) is 0 Å². The van der Waals surface area contributed by atoms with Crippen molar-refractivity contribution in [3.05, 3.63) is 473 Å². The third kappa shape index (κ3) is 12.3. The van der Waals surface area contributed by atoms with Crippen LogP contribution in [0, 0.1) is 0 Å². The van der Waals surface area contributed by atoms with Crippen LogP contribution in [-0.2, 0) is 0 Å². The van der Waals surface area contributed by atoms with E-state index in [4.69, 9.17) is 36.2 Å². The van der Waals surface area contributed by atoms with Gasteiger partial charge in [0.25, 0.3) is 0 Å². The van der Waals surface area contributed by atoms with Gasteiger partial charge in [0, 0.05) is 32.7 Å². The molecule has 0 bridgehead atoms. The lowest BCUT2D eigenvalue weighted by Crippen LogP contribution is -1.92. The second kappa shape index (κ2) is 30.6. The van der Waals surface area contributed by atoms with E-state index in [1.165, 1.54) is 0 Å². The molecule has 0 aliphatic rings. The first-order chi connectivity index (χ1) is 71.8. The number of hydrogen-bond donors (Lipinski definition) is 0. The van der Waals surface area contributed by atoms with E-state index in [1.54, 1.807) is 18.2 Å². The number of para-hydroxylation sites is 2. The van der Waals surface area contributed by atoms with E-state index in [9.17, 15) is 0 Å². The van der Waals surface area contributed by atoms with Crippen LogP contribution in [0.2, 0.25) is 0 Å². The van der Waals surface area contributed by atoms with Gasteiger partial charge in [-0.15, -0.1) is 0 Å². The molecule has 2 aromatic heterocycles. The maximum absolute atomic E-state index is 9.02. The van der Waals surface area contributed by atoms with Gasteiger partial charge >= 0.3 is 0 Å². The van der Waals surface area contributed by atoms with Crippen molar-refractivity contribution < 1.29 is 36.2 Å². The molecule has 0 spiro atoms. The van der Waals surface area contributed by atoms with E-state index in [1.807, 2.05) is 133 Å². The van der Waals surface area contributed by atoms with Crippen LogP contribution in [0.1, 0.15) is 27.4 Å². The summed E-state index contributed by atoms with van der Waals surface area (Å²) in [6.45, 7) is 0. The highest BCUT2D eigenvalue weighted by molar-refractivity contribution is 6.26. The lowest BCUT2D eigenvalue weighted by molar-refractivity contribution is 0.669. The average Bonchev–Trinajstić information content (AvgIpc) is 0.887. The minimum absolute atomic E-state index is 0.0980. The molecular weight excluding hydrogens is 1550 g/mol. The predicted molar refractivity (Wildman–Crippen MR) is 545 cm³/mol. The maximum atomic E-state index is 9.02. The quantitative estimate of drug-likeness (QED) is 0.0953. The number of furan rings is 2. The van der Waals surface area contributed by atoms with Gasteiger partial charge < -0.3 is 8.83 Å². The van der Waals surface area contributed by atoms with Crippen LogP contribution in [0.4, 0.5) is 0 Å². The second-order valence-corrected chi connectivity index (χ2v) is 32.3. The average molecular weight is 1640 g/mol. The molecule has 2 heteroatoms. The zero-order valence-corrected chi connectivity index (χ0v) is 68.3. The SMILES string of the molecule is [2H]c1c([2H])c([2H])c(-c2c3ccccc3c(-c3ccc(-c4ccc5c(c4)cc(-c4cccc(-c6cccc7oc8c(-c9c([2H])c([2H])c([2H])c([2H])c9[2H])cccc8c67)c4)c4ccccc45)cc3)c3ccccc23)c([2H])c1[2H].[2H]c1c([2H])c([2H])c(-c2ccc3oc4c(-c5ccc(-c6cc7ccccc7c7cc(-c8c9ccccc9c(-c9c([2H])c([2H])c([2H])c([2H])c9[2H])c9ccccc89)ccc67)c6ccccc56)cccc4c3c2)c([2H])c1[2H]. The summed E-state index contributed by atoms with van der Waals surface area (Å²) in [6.07, 6.45) is 0. The lowest BCUT2D eigenvalue weighted by Gasteiger charge is -2.19. The summed E-state index contributed by atoms with van der Waals surface area (Å²) in [6, 6.07) is 112. The predicted octanol–water partition coefficient (Wildman–Crippen LogP) is 35.9. The molecule has 0 N–H and O–H groups in total. The molecule has 0 saturated heterocycles. The van der Waals surface area contributed by atoms with Gasteiger partial charge in [-0.1, -0.05) is 424 Å². The van der Waals surface area contributed by atoms with Crippen LogP contribution in [0.25, 0.3) is 263 Å². The first-order valence-corrected chi connectivity index (χ1v) is 42.5. The molecule has 0 aliphatic heterocycles. The highest BCUT2D eigenvalue weighted by Gasteiger charge is 2.25. The van der Waals surface area contributed by atoms with Gasteiger partial charge in [-0.2, -0.15) is 0 Å². The molecular formula is C126H78O2. The summed E-state index contributed by atoms with van der Waals surface area (Å²) in [7, 11) is 0. The Labute approximate surface area is 768 Å². The monoisotopic (exact) mass is 1640 g/mol. The summed E-state index contributed by atoms with van der Waals surface area (Å²) in [5, 5.41) is 20.9. The number of fused-ring (bicyclic) bond motifs is 17. The number of rotatable bonds is 11. The Bertz CT molecular complexity index is 10100. The zero-order valence-electron chi connectivity index (χ0n) is 88.3. The Morgan fingerprint density at radius 3 is 1.12 bits per heavy atom. The summed E-state index contributed by atoms with van der Waals surface area (Å²) in [5.74, 6) is 0. The highest BCUT2D eigenvalue weighted by atomic mass is 16.3. The Morgan fingerprint density at radius 2 is 0.523 bits per heavy atom. The first kappa shape index (κ1) is 56.1. The normalized spacial score (nSPS) is 13.9. The first-order valence-electron chi connectivity index (χ1n) is 52.5. The smallest absolute Gasteiger partial charge is 0.143 e. The second-order valence-electron chi connectivity index (χ2n) is 32.3. The standard InChI is InChI=1S/C64H40O.C62H38O/c1-3-16-42(17-4-1)51-29-14-30-58-63-50(28-15-31-60(63)65-64(51)58)46-20-13-21-47(39-46)59-40-48-38-45(36-37-49(48)52-22-7-8-23-53(52)59)41-32-34-44(35-33-41)62-56-26-11-9-24-54(56)61(43-18-5-2-6-19-43)55-25-10-12-27-57(55)62;1-3-16-39(17-4-1)41-31-35-59-58(36-41)55-29-15-28-54(62(55)63-59)47-33-34-48(46-23-10-9-22-45(46)47)57-37-42-20-7-8-21-44(42)56-38-43(30-32-49(56)57)61-52-26-13-11-24-50(52)60(40-18-5-2-6-19-40)51-25-12-14-27-53(51)61/h1-40H;1-38H/i2*1D,2D,3D,4D,5D,6D,16D,17D,18D,19D. The highest BCUT2D eigenvalue weighted by Crippen LogP contribution is 2.51. The van der Waals surface area contributed by atoms with Gasteiger partial charge in [0.05, 0.1) is 27.4 Å². The van der Waals surface area contributed by atoms with Gasteiger partial charge in [0.1, 0.15) is 22.3 Å². The van der Waals surface area contributed by atoms with Crippen molar-refractivity contribution in [3.8, 4) is 122 Å². The molecule has 0 unspecified atom stereocenters. The van der Waals surface area contributed by atoms with E-state index in [-0.39, 0.29) is 107 Å². The van der Waals surface area contributed by atoms with Crippen LogP contribution in [0.5, 0.6) is 0 Å². The van der Waals surface area contributed by atoms with E-state index in [0.29, 0.717) is 44.6 Å². The van der Waals surface area contributed by atoms with Crippen molar-refractivity contribution >= 4 is 141 Å². The number of benzene rings is 24. The van der Waals surface area contributed by atoms with Crippen LogP contribution >= 0.6 is 0 Å². The van der Waals surface area contributed by atoms with Crippen molar-refractivity contribution in [2.45, 2.75) is 0 Å². The van der Waals surface area contributed by atoms with Crippen molar-refractivity contribution in [1.29, 1.82) is 0 Å². The zero-order chi connectivity index (χ0) is 102. The third-order valence-electron chi connectivity index (χ3n) is 25.4. The summed E-state index contributed by atoms with van der Waals surface area (Å²) >= 11 is 0. The van der Waals surface area contributed by atoms with Crippen molar-refractivity contribution in [2.24, 2.45) is 0 Å². The van der Waals surface area contributed by atoms with Crippen molar-refractivity contribution in [2.75, 3.05) is 0 Å². The fourth-order valence-corrected chi connectivity index (χ4v) is 19.9. The van der Waals surface area contributed by atoms with Gasteiger partial charge in [0.2, 0.25) is 0 Å². The molecule has 0 fully saturated rings. The summed E-state index contributed by atoms with van der Waals surface area (Å²) < 4.78 is 184. The fraction of sp³-hybridized carbons (Fsp3) is 0. The van der Waals surface area contributed by atoms with E-state index in [0.717, 1.165) is 196 Å². The maximum Gasteiger partial charge on any atom is 0.143 e. The molecule has 24 aromatic carbocycles. The molecule has 594 valence electrons. The molecule has 2 heterocycles. The largest absolute Gasteiger partial charge is 0.455 e. The Hall–Kier alpha value is -16.8. The van der Waals surface area contributed by atoms with Gasteiger partial charge in [-0.05, 0) is 257 Å². The van der Waals surface area contributed by atoms with E-state index in [2.05, 4.69) is 200 Å². The Kier molecular flexibility index (Phi) is 13.4. The van der Waals surface area contributed by atoms with Gasteiger partial charge in [-0.25, -0.2) is 0 Å². The van der Waals surface area contributed by atoms with Gasteiger partial charge in [-0.3, -0.25) is 0 Å². The summed E-state index contributed by atoms with van der Waals surface area (Å²) in [5.41, 5.74) is 19.2. The molecule has 2 nitrogen and oxygen atoms in total. The minimum Gasteiger partial charge on any atom is -0.455 e. The third-order valence-corrected chi connectivity index (χ3v) is 25.4. The molecule has 0 saturated carbocycles. The summed E-state index contributed by atoms with van der Waals surface area (Å²) in [4.78, 5) is 0. The van der Waals surface area contributed by atoms with E-state index >= 15 is 0 Å². The lowest BCUT2D eigenvalue weighted by atomic mass is 9.84. The van der Waals surface area contributed by atoms with Crippen LogP contribution in [0.3, 0.4) is 0 Å². The molecule has 0 radical (unpaired) electrons.